The minimum absolute atomic E-state index is 0.0509. The first kappa shape index (κ1) is 10.0. The summed E-state index contributed by atoms with van der Waals surface area (Å²) in [7, 11) is 0. The van der Waals surface area contributed by atoms with Gasteiger partial charge in [0.05, 0.1) is 0 Å². The van der Waals surface area contributed by atoms with Gasteiger partial charge in [0.1, 0.15) is 11.6 Å². The van der Waals surface area contributed by atoms with Crippen molar-refractivity contribution in [3.05, 3.63) is 11.6 Å². The lowest BCUT2D eigenvalue weighted by Crippen LogP contribution is -2.21. The van der Waals surface area contributed by atoms with Gasteiger partial charge in [0.2, 0.25) is 0 Å². The van der Waals surface area contributed by atoms with Gasteiger partial charge in [0.25, 0.3) is 0 Å². The molecule has 0 aliphatic rings. The smallest absolute Gasteiger partial charge is 0.223 e. The highest BCUT2D eigenvalue weighted by Gasteiger charge is 2.36. The lowest BCUT2D eigenvalue weighted by atomic mass is 10.2. The van der Waals surface area contributed by atoms with Crippen LogP contribution in [-0.2, 0) is 6.30 Å². The summed E-state index contributed by atoms with van der Waals surface area (Å²) in [5.41, 5.74) is 0. The topological polar surface area (TPSA) is 30.7 Å². The highest BCUT2D eigenvalue weighted by molar-refractivity contribution is 4.99. The SMILES string of the molecule is Cc1nnc(C(C)C)n1C(F)(F)F. The van der Waals surface area contributed by atoms with E-state index in [2.05, 4.69) is 10.2 Å². The molecule has 0 amide bonds. The Morgan fingerprint density at radius 3 is 2.08 bits per heavy atom. The Kier molecular flexibility index (Phi) is 2.32. The van der Waals surface area contributed by atoms with E-state index < -0.39 is 6.30 Å². The fourth-order valence-corrected chi connectivity index (χ4v) is 1.07. The van der Waals surface area contributed by atoms with Gasteiger partial charge in [-0.2, -0.15) is 0 Å². The van der Waals surface area contributed by atoms with E-state index in [-0.39, 0.29) is 22.1 Å². The van der Waals surface area contributed by atoms with Gasteiger partial charge >= 0.3 is 6.30 Å². The third kappa shape index (κ3) is 1.81. The van der Waals surface area contributed by atoms with Crippen LogP contribution in [0.3, 0.4) is 0 Å². The molecule has 0 aromatic carbocycles. The fourth-order valence-electron chi connectivity index (χ4n) is 1.07. The van der Waals surface area contributed by atoms with E-state index in [1.165, 1.54) is 6.92 Å². The predicted molar refractivity (Wildman–Crippen MR) is 40.1 cm³/mol. The van der Waals surface area contributed by atoms with Crippen LogP contribution in [0, 0.1) is 6.92 Å². The molecule has 3 nitrogen and oxygen atoms in total. The number of aromatic nitrogens is 3. The van der Waals surface area contributed by atoms with Crippen molar-refractivity contribution >= 4 is 0 Å². The number of rotatable bonds is 1. The minimum atomic E-state index is -4.42. The summed E-state index contributed by atoms with van der Waals surface area (Å²) in [6.07, 6.45) is -4.42. The molecular weight excluding hydrogens is 183 g/mol. The molecule has 0 spiro atoms. The monoisotopic (exact) mass is 193 g/mol. The lowest BCUT2D eigenvalue weighted by molar-refractivity contribution is -0.207. The Morgan fingerprint density at radius 1 is 1.23 bits per heavy atom. The first-order chi connectivity index (χ1) is 5.84. The molecule has 0 fully saturated rings. The van der Waals surface area contributed by atoms with Crippen LogP contribution in [0.25, 0.3) is 0 Å². The van der Waals surface area contributed by atoms with E-state index in [1.807, 2.05) is 0 Å². The number of aryl methyl sites for hydroxylation is 1. The molecule has 0 saturated heterocycles. The largest absolute Gasteiger partial charge is 0.491 e. The molecule has 13 heavy (non-hydrogen) atoms. The molecule has 74 valence electrons. The van der Waals surface area contributed by atoms with Crippen LogP contribution in [0.4, 0.5) is 13.2 Å². The number of nitrogens with zero attached hydrogens (tertiary/aromatic N) is 3. The van der Waals surface area contributed by atoms with Crippen LogP contribution in [0.5, 0.6) is 0 Å². The second kappa shape index (κ2) is 3.01. The molecule has 0 unspecified atom stereocenters. The van der Waals surface area contributed by atoms with Crippen LogP contribution in [0.2, 0.25) is 0 Å². The van der Waals surface area contributed by atoms with Crippen molar-refractivity contribution in [1.29, 1.82) is 0 Å². The minimum Gasteiger partial charge on any atom is -0.223 e. The van der Waals surface area contributed by atoms with Crippen LogP contribution < -0.4 is 0 Å². The Hall–Kier alpha value is -1.07. The maximum absolute atomic E-state index is 12.4. The number of hydrogen-bond donors (Lipinski definition) is 0. The Bertz CT molecular complexity index is 300. The summed E-state index contributed by atoms with van der Waals surface area (Å²) in [6, 6.07) is 0. The highest BCUT2D eigenvalue weighted by atomic mass is 19.4. The number of halogens is 3. The molecule has 0 saturated carbocycles. The summed E-state index contributed by atoms with van der Waals surface area (Å²) in [4.78, 5) is 0. The predicted octanol–water partition coefficient (Wildman–Crippen LogP) is 2.19. The van der Waals surface area contributed by atoms with Gasteiger partial charge in [-0.3, -0.25) is 0 Å². The summed E-state index contributed by atoms with van der Waals surface area (Å²) in [5.74, 6) is -0.468. The molecular formula is C7H10F3N3. The molecule has 0 N–H and O–H groups in total. The number of hydrogen-bond acceptors (Lipinski definition) is 2. The first-order valence-electron chi connectivity index (χ1n) is 3.83. The zero-order valence-corrected chi connectivity index (χ0v) is 7.55. The molecule has 1 aromatic rings. The van der Waals surface area contributed by atoms with Crippen molar-refractivity contribution in [1.82, 2.24) is 14.8 Å². The normalized spacial score (nSPS) is 12.5. The molecule has 1 aromatic heterocycles. The molecule has 6 heteroatoms. The second-order valence-corrected chi connectivity index (χ2v) is 3.06. The average Bonchev–Trinajstić information content (AvgIpc) is 2.28. The van der Waals surface area contributed by atoms with Crippen molar-refractivity contribution in [3.63, 3.8) is 0 Å². The van der Waals surface area contributed by atoms with Gasteiger partial charge in [0.15, 0.2) is 0 Å². The molecule has 0 bridgehead atoms. The maximum Gasteiger partial charge on any atom is 0.491 e. The average molecular weight is 193 g/mol. The van der Waals surface area contributed by atoms with Crippen molar-refractivity contribution in [2.24, 2.45) is 0 Å². The maximum atomic E-state index is 12.4. The first-order valence-corrected chi connectivity index (χ1v) is 3.83. The molecule has 0 aliphatic carbocycles. The third-order valence-electron chi connectivity index (χ3n) is 1.62. The third-order valence-corrected chi connectivity index (χ3v) is 1.62. The molecule has 0 atom stereocenters. The second-order valence-electron chi connectivity index (χ2n) is 3.06. The van der Waals surface area contributed by atoms with E-state index in [0.717, 1.165) is 0 Å². The van der Waals surface area contributed by atoms with Crippen LogP contribution in [-0.4, -0.2) is 14.8 Å². The van der Waals surface area contributed by atoms with Gasteiger partial charge in [-0.15, -0.1) is 23.4 Å². The van der Waals surface area contributed by atoms with Crippen molar-refractivity contribution in [2.45, 2.75) is 33.0 Å². The van der Waals surface area contributed by atoms with Crippen LogP contribution >= 0.6 is 0 Å². The zero-order valence-electron chi connectivity index (χ0n) is 7.55. The van der Waals surface area contributed by atoms with Gasteiger partial charge in [-0.05, 0) is 6.92 Å². The Morgan fingerprint density at radius 2 is 1.77 bits per heavy atom. The summed E-state index contributed by atoms with van der Waals surface area (Å²) < 4.78 is 37.4. The fraction of sp³-hybridized carbons (Fsp3) is 0.714. The summed E-state index contributed by atoms with van der Waals surface area (Å²) >= 11 is 0. The van der Waals surface area contributed by atoms with E-state index >= 15 is 0 Å². The lowest BCUT2D eigenvalue weighted by Gasteiger charge is -2.13. The van der Waals surface area contributed by atoms with Gasteiger partial charge < -0.3 is 0 Å². The Labute approximate surface area is 73.6 Å². The van der Waals surface area contributed by atoms with E-state index in [9.17, 15) is 13.2 Å². The zero-order chi connectivity index (χ0) is 10.2. The van der Waals surface area contributed by atoms with Crippen molar-refractivity contribution < 1.29 is 13.2 Å². The van der Waals surface area contributed by atoms with E-state index in [4.69, 9.17) is 0 Å². The molecule has 1 rings (SSSR count). The van der Waals surface area contributed by atoms with Crippen molar-refractivity contribution in [3.8, 4) is 0 Å². The van der Waals surface area contributed by atoms with Gasteiger partial charge in [-0.1, -0.05) is 13.8 Å². The summed E-state index contributed by atoms with van der Waals surface area (Å²) in [5, 5.41) is 6.87. The molecule has 0 aliphatic heterocycles. The van der Waals surface area contributed by atoms with Crippen molar-refractivity contribution in [2.75, 3.05) is 0 Å². The highest BCUT2D eigenvalue weighted by Crippen LogP contribution is 2.27. The Balaban J connectivity index is 3.25. The number of alkyl halides is 3. The van der Waals surface area contributed by atoms with Gasteiger partial charge in [-0.25, -0.2) is 4.57 Å². The molecule has 1 heterocycles. The molecule has 0 radical (unpaired) electrons. The quantitative estimate of drug-likeness (QED) is 0.684. The van der Waals surface area contributed by atoms with E-state index in [1.54, 1.807) is 13.8 Å². The van der Waals surface area contributed by atoms with Crippen LogP contribution in [0.15, 0.2) is 0 Å². The standard InChI is InChI=1S/C7H10F3N3/c1-4(2)6-12-11-5(3)13(6)7(8,9)10/h4H,1-3H3. The van der Waals surface area contributed by atoms with Gasteiger partial charge in [0, 0.05) is 5.92 Å². The summed E-state index contributed by atoms with van der Waals surface area (Å²) in [6.45, 7) is 4.57. The van der Waals surface area contributed by atoms with Crippen LogP contribution in [0.1, 0.15) is 31.4 Å². The van der Waals surface area contributed by atoms with E-state index in [0.29, 0.717) is 0 Å².